The fourth-order valence-corrected chi connectivity index (χ4v) is 2.80. The Morgan fingerprint density at radius 2 is 1.78 bits per heavy atom. The van der Waals surface area contributed by atoms with Crippen molar-refractivity contribution in [1.82, 2.24) is 4.72 Å². The molecule has 0 spiro atoms. The van der Waals surface area contributed by atoms with Gasteiger partial charge in [-0.2, -0.15) is 0 Å². The molecule has 0 heterocycles. The van der Waals surface area contributed by atoms with Crippen LogP contribution in [0.15, 0.2) is 29.2 Å². The van der Waals surface area contributed by atoms with Crippen LogP contribution in [0.25, 0.3) is 0 Å². The molecule has 0 aliphatic rings. The van der Waals surface area contributed by atoms with E-state index in [1.54, 1.807) is 24.3 Å². The standard InChI is InChI=1S/C13H22N2O2S/c1-10(2)8-12(14)9-15-18(16,17)13-6-4-11(3)5-7-13/h4-7,10,12,15H,8-9,14H2,1-3H3. The fourth-order valence-electron chi connectivity index (χ4n) is 1.71. The topological polar surface area (TPSA) is 72.2 Å². The van der Waals surface area contributed by atoms with E-state index in [0.717, 1.165) is 12.0 Å². The van der Waals surface area contributed by atoms with Gasteiger partial charge in [0.1, 0.15) is 0 Å². The molecule has 0 saturated heterocycles. The number of hydrogen-bond donors (Lipinski definition) is 2. The first kappa shape index (κ1) is 15.1. The van der Waals surface area contributed by atoms with Gasteiger partial charge >= 0.3 is 0 Å². The van der Waals surface area contributed by atoms with Crippen LogP contribution in [0.2, 0.25) is 0 Å². The Labute approximate surface area is 110 Å². The van der Waals surface area contributed by atoms with Gasteiger partial charge in [0.15, 0.2) is 0 Å². The van der Waals surface area contributed by atoms with Crippen molar-refractivity contribution in [3.05, 3.63) is 29.8 Å². The number of rotatable bonds is 6. The van der Waals surface area contributed by atoms with E-state index in [2.05, 4.69) is 18.6 Å². The van der Waals surface area contributed by atoms with Crippen LogP contribution in [-0.2, 0) is 10.0 Å². The van der Waals surface area contributed by atoms with Gasteiger partial charge in [-0.15, -0.1) is 0 Å². The minimum absolute atomic E-state index is 0.148. The molecule has 0 saturated carbocycles. The first-order valence-electron chi connectivity index (χ1n) is 6.13. The van der Waals surface area contributed by atoms with Gasteiger partial charge in [0.25, 0.3) is 0 Å². The average Bonchev–Trinajstić information content (AvgIpc) is 2.26. The zero-order valence-electron chi connectivity index (χ0n) is 11.2. The maximum absolute atomic E-state index is 12.0. The minimum atomic E-state index is -3.44. The molecule has 1 atom stereocenters. The van der Waals surface area contributed by atoms with Gasteiger partial charge in [-0.3, -0.25) is 0 Å². The number of benzene rings is 1. The lowest BCUT2D eigenvalue weighted by Crippen LogP contribution is -2.37. The van der Waals surface area contributed by atoms with Crippen molar-refractivity contribution < 1.29 is 8.42 Å². The predicted octanol–water partition coefficient (Wildman–Crippen LogP) is 1.65. The van der Waals surface area contributed by atoms with E-state index in [0.29, 0.717) is 5.92 Å². The van der Waals surface area contributed by atoms with Crippen LogP contribution in [0.5, 0.6) is 0 Å². The van der Waals surface area contributed by atoms with Crippen LogP contribution in [0.1, 0.15) is 25.8 Å². The van der Waals surface area contributed by atoms with Gasteiger partial charge in [0.2, 0.25) is 10.0 Å². The second-order valence-corrected chi connectivity index (χ2v) is 6.82. The van der Waals surface area contributed by atoms with E-state index in [1.807, 2.05) is 6.92 Å². The lowest BCUT2D eigenvalue weighted by Gasteiger charge is -2.15. The van der Waals surface area contributed by atoms with Crippen molar-refractivity contribution in [1.29, 1.82) is 0 Å². The highest BCUT2D eigenvalue weighted by atomic mass is 32.2. The first-order chi connectivity index (χ1) is 8.31. The molecule has 4 nitrogen and oxygen atoms in total. The van der Waals surface area contributed by atoms with Crippen LogP contribution < -0.4 is 10.5 Å². The maximum Gasteiger partial charge on any atom is 0.240 e. The summed E-state index contributed by atoms with van der Waals surface area (Å²) < 4.78 is 26.5. The second-order valence-electron chi connectivity index (χ2n) is 5.05. The lowest BCUT2D eigenvalue weighted by molar-refractivity contribution is 0.486. The number of nitrogens with one attached hydrogen (secondary N) is 1. The van der Waals surface area contributed by atoms with Gasteiger partial charge in [0.05, 0.1) is 4.90 Å². The van der Waals surface area contributed by atoms with Crippen molar-refractivity contribution in [2.45, 2.75) is 38.1 Å². The molecular weight excluding hydrogens is 248 g/mol. The third-order valence-electron chi connectivity index (χ3n) is 2.64. The normalized spacial score (nSPS) is 13.8. The summed E-state index contributed by atoms with van der Waals surface area (Å²) in [6.45, 7) is 6.32. The Morgan fingerprint density at radius 1 is 1.22 bits per heavy atom. The maximum atomic E-state index is 12.0. The van der Waals surface area contributed by atoms with E-state index in [1.165, 1.54) is 0 Å². The second kappa shape index (κ2) is 6.31. The van der Waals surface area contributed by atoms with Crippen molar-refractivity contribution in [2.24, 2.45) is 11.7 Å². The third kappa shape index (κ3) is 4.76. The van der Waals surface area contributed by atoms with Crippen LogP contribution >= 0.6 is 0 Å². The van der Waals surface area contributed by atoms with Gasteiger partial charge in [-0.1, -0.05) is 31.5 Å². The molecule has 5 heteroatoms. The Kier molecular flexibility index (Phi) is 5.31. The summed E-state index contributed by atoms with van der Waals surface area (Å²) in [5, 5.41) is 0. The van der Waals surface area contributed by atoms with E-state index in [9.17, 15) is 8.42 Å². The molecule has 1 aromatic rings. The Hall–Kier alpha value is -0.910. The quantitative estimate of drug-likeness (QED) is 0.825. The smallest absolute Gasteiger partial charge is 0.240 e. The molecule has 0 radical (unpaired) electrons. The van der Waals surface area contributed by atoms with E-state index in [4.69, 9.17) is 5.73 Å². The van der Waals surface area contributed by atoms with Crippen molar-refractivity contribution in [2.75, 3.05) is 6.54 Å². The summed E-state index contributed by atoms with van der Waals surface area (Å²) in [6, 6.07) is 6.62. The van der Waals surface area contributed by atoms with E-state index in [-0.39, 0.29) is 17.5 Å². The van der Waals surface area contributed by atoms with Crippen LogP contribution in [0, 0.1) is 12.8 Å². The van der Waals surface area contributed by atoms with Crippen molar-refractivity contribution >= 4 is 10.0 Å². The zero-order valence-corrected chi connectivity index (χ0v) is 12.0. The van der Waals surface area contributed by atoms with E-state index < -0.39 is 10.0 Å². The number of aryl methyl sites for hydroxylation is 1. The monoisotopic (exact) mass is 270 g/mol. The summed E-state index contributed by atoms with van der Waals surface area (Å²) in [4.78, 5) is 0.282. The van der Waals surface area contributed by atoms with Crippen LogP contribution in [0.3, 0.4) is 0 Å². The van der Waals surface area contributed by atoms with Crippen LogP contribution in [0.4, 0.5) is 0 Å². The molecule has 102 valence electrons. The summed E-state index contributed by atoms with van der Waals surface area (Å²) in [5.41, 5.74) is 6.89. The summed E-state index contributed by atoms with van der Waals surface area (Å²) in [7, 11) is -3.44. The molecule has 1 rings (SSSR count). The van der Waals surface area contributed by atoms with Crippen molar-refractivity contribution in [3.63, 3.8) is 0 Å². The molecule has 1 aromatic carbocycles. The zero-order chi connectivity index (χ0) is 13.8. The fraction of sp³-hybridized carbons (Fsp3) is 0.538. The highest BCUT2D eigenvalue weighted by Gasteiger charge is 2.15. The number of sulfonamides is 1. The van der Waals surface area contributed by atoms with Gasteiger partial charge in [-0.25, -0.2) is 13.1 Å². The SMILES string of the molecule is Cc1ccc(S(=O)(=O)NCC(N)CC(C)C)cc1. The molecular formula is C13H22N2O2S. The number of hydrogen-bond acceptors (Lipinski definition) is 3. The largest absolute Gasteiger partial charge is 0.327 e. The summed E-state index contributed by atoms with van der Waals surface area (Å²) in [5.74, 6) is 0.462. The molecule has 0 aromatic heterocycles. The Balaban J connectivity index is 2.63. The Morgan fingerprint density at radius 3 is 2.28 bits per heavy atom. The molecule has 0 bridgehead atoms. The molecule has 0 aliphatic carbocycles. The molecule has 0 fully saturated rings. The average molecular weight is 270 g/mol. The molecule has 0 aliphatic heterocycles. The van der Waals surface area contributed by atoms with Gasteiger partial charge in [-0.05, 0) is 31.4 Å². The predicted molar refractivity (Wildman–Crippen MR) is 73.8 cm³/mol. The summed E-state index contributed by atoms with van der Waals surface area (Å²) >= 11 is 0. The highest BCUT2D eigenvalue weighted by Crippen LogP contribution is 2.10. The van der Waals surface area contributed by atoms with E-state index >= 15 is 0 Å². The molecule has 3 N–H and O–H groups in total. The Bertz CT molecular complexity index is 466. The van der Waals surface area contributed by atoms with Gasteiger partial charge in [0, 0.05) is 12.6 Å². The van der Waals surface area contributed by atoms with Crippen LogP contribution in [-0.4, -0.2) is 21.0 Å². The number of nitrogens with two attached hydrogens (primary N) is 1. The first-order valence-corrected chi connectivity index (χ1v) is 7.61. The third-order valence-corrected chi connectivity index (χ3v) is 4.08. The molecule has 18 heavy (non-hydrogen) atoms. The highest BCUT2D eigenvalue weighted by molar-refractivity contribution is 7.89. The molecule has 0 amide bonds. The van der Waals surface area contributed by atoms with Gasteiger partial charge < -0.3 is 5.73 Å². The molecule has 1 unspecified atom stereocenters. The summed E-state index contributed by atoms with van der Waals surface area (Å²) in [6.07, 6.45) is 0.802. The lowest BCUT2D eigenvalue weighted by atomic mass is 10.1. The minimum Gasteiger partial charge on any atom is -0.327 e. The van der Waals surface area contributed by atoms with Crippen molar-refractivity contribution in [3.8, 4) is 0 Å².